The fraction of sp³-hybridized carbons (Fsp3) is 0.444. The lowest BCUT2D eigenvalue weighted by Crippen LogP contribution is -2.65. The molecule has 0 atom stereocenters. The van der Waals surface area contributed by atoms with E-state index in [9.17, 15) is 4.79 Å². The van der Waals surface area contributed by atoms with Crippen LogP contribution in [-0.2, 0) is 13.0 Å². The van der Waals surface area contributed by atoms with Crippen molar-refractivity contribution in [3.63, 3.8) is 0 Å². The minimum atomic E-state index is -0.123. The van der Waals surface area contributed by atoms with Crippen LogP contribution < -0.4 is 0 Å². The second-order valence-electron chi connectivity index (χ2n) is 9.49. The van der Waals surface area contributed by atoms with Gasteiger partial charge in [-0.05, 0) is 67.9 Å². The molecule has 2 fully saturated rings. The number of likely N-dealkylation sites (tertiary alicyclic amines) is 1. The van der Waals surface area contributed by atoms with Crippen LogP contribution in [0.25, 0.3) is 0 Å². The summed E-state index contributed by atoms with van der Waals surface area (Å²) in [6.07, 6.45) is 10.8. The maximum absolute atomic E-state index is 13.6. The van der Waals surface area contributed by atoms with Crippen LogP contribution in [-0.4, -0.2) is 51.9 Å². The minimum Gasteiger partial charge on any atom is -0.312 e. The van der Waals surface area contributed by atoms with Gasteiger partial charge in [-0.2, -0.15) is 0 Å². The van der Waals surface area contributed by atoms with Crippen LogP contribution >= 0.6 is 11.6 Å². The molecule has 0 unspecified atom stereocenters. The highest BCUT2D eigenvalue weighted by Crippen LogP contribution is 2.41. The second-order valence-corrected chi connectivity index (χ2v) is 9.92. The molecule has 2 amide bonds. The van der Waals surface area contributed by atoms with Gasteiger partial charge >= 0.3 is 6.03 Å². The molecule has 5 rings (SSSR count). The van der Waals surface area contributed by atoms with Gasteiger partial charge in [0.1, 0.15) is 0 Å². The Labute approximate surface area is 196 Å². The van der Waals surface area contributed by atoms with E-state index in [4.69, 9.17) is 11.6 Å². The lowest BCUT2D eigenvalue weighted by atomic mass is 9.79. The number of hydrogen-bond donors (Lipinski definition) is 0. The van der Waals surface area contributed by atoms with Crippen LogP contribution in [0.1, 0.15) is 43.2 Å². The minimum absolute atomic E-state index is 0.123. The molecule has 2 aliphatic heterocycles. The number of carbonyl (C=O) groups is 1. The Hall–Kier alpha value is -2.30. The number of nitrogens with zero attached hydrogens (tertiary/aromatic N) is 3. The molecule has 3 aliphatic rings. The molecule has 1 saturated heterocycles. The number of piperidine rings is 1. The van der Waals surface area contributed by atoms with Crippen molar-refractivity contribution < 1.29 is 4.79 Å². The number of benzene rings is 2. The molecule has 1 saturated carbocycles. The van der Waals surface area contributed by atoms with Gasteiger partial charge in [0.15, 0.2) is 0 Å². The topological polar surface area (TPSA) is 26.8 Å². The Balaban J connectivity index is 1.27. The number of hydrogen-bond acceptors (Lipinski definition) is 2. The highest BCUT2D eigenvalue weighted by Gasteiger charge is 2.48. The molecule has 32 heavy (non-hydrogen) atoms. The van der Waals surface area contributed by atoms with E-state index in [0.717, 1.165) is 63.3 Å². The van der Waals surface area contributed by atoms with Crippen molar-refractivity contribution in [1.29, 1.82) is 0 Å². The quantitative estimate of drug-likeness (QED) is 0.563. The summed E-state index contributed by atoms with van der Waals surface area (Å²) >= 11 is 6.04. The van der Waals surface area contributed by atoms with Gasteiger partial charge in [0.25, 0.3) is 0 Å². The van der Waals surface area contributed by atoms with Gasteiger partial charge < -0.3 is 9.80 Å². The van der Waals surface area contributed by atoms with E-state index in [1.165, 1.54) is 17.5 Å². The number of amides is 2. The number of halogens is 1. The van der Waals surface area contributed by atoms with E-state index >= 15 is 0 Å². The van der Waals surface area contributed by atoms with Crippen LogP contribution in [0.3, 0.4) is 0 Å². The zero-order chi connectivity index (χ0) is 22.0. The van der Waals surface area contributed by atoms with Gasteiger partial charge in [-0.3, -0.25) is 4.90 Å². The molecule has 0 aromatic heterocycles. The predicted octanol–water partition coefficient (Wildman–Crippen LogP) is 5.72. The second kappa shape index (κ2) is 9.29. The Morgan fingerprint density at radius 3 is 2.31 bits per heavy atom. The van der Waals surface area contributed by atoms with Gasteiger partial charge in [-0.25, -0.2) is 4.79 Å². The summed E-state index contributed by atoms with van der Waals surface area (Å²) in [6, 6.07) is 19.2. The summed E-state index contributed by atoms with van der Waals surface area (Å²) in [5.41, 5.74) is 2.45. The predicted molar refractivity (Wildman–Crippen MR) is 130 cm³/mol. The summed E-state index contributed by atoms with van der Waals surface area (Å²) in [7, 11) is 0. The average Bonchev–Trinajstić information content (AvgIpc) is 2.79. The first-order chi connectivity index (χ1) is 15.6. The SMILES string of the molecule is O=C1N(CCc2ccccc2)C=CC2(CCN(Cc3ccc(Cl)cc3)CC2)N1C1CCC1. The monoisotopic (exact) mass is 449 g/mol. The number of urea groups is 1. The third kappa shape index (κ3) is 4.44. The molecule has 2 aromatic rings. The molecular weight excluding hydrogens is 418 g/mol. The van der Waals surface area contributed by atoms with Crippen molar-refractivity contribution in [2.24, 2.45) is 0 Å². The summed E-state index contributed by atoms with van der Waals surface area (Å²) in [5.74, 6) is 0. The first kappa shape index (κ1) is 21.5. The Kier molecular flexibility index (Phi) is 6.25. The van der Waals surface area contributed by atoms with Crippen LogP contribution in [0.5, 0.6) is 0 Å². The maximum Gasteiger partial charge on any atom is 0.324 e. The fourth-order valence-electron chi connectivity index (χ4n) is 5.28. The molecule has 0 radical (unpaired) electrons. The first-order valence-electron chi connectivity index (χ1n) is 11.9. The van der Waals surface area contributed by atoms with E-state index in [2.05, 4.69) is 58.5 Å². The van der Waals surface area contributed by atoms with E-state index in [1.54, 1.807) is 0 Å². The lowest BCUT2D eigenvalue weighted by Gasteiger charge is -2.55. The third-order valence-corrected chi connectivity index (χ3v) is 7.71. The van der Waals surface area contributed by atoms with Gasteiger partial charge in [-0.15, -0.1) is 0 Å². The van der Waals surface area contributed by atoms with E-state index < -0.39 is 0 Å². The van der Waals surface area contributed by atoms with Crippen LogP contribution in [0, 0.1) is 0 Å². The first-order valence-corrected chi connectivity index (χ1v) is 12.3. The molecule has 0 bridgehead atoms. The van der Waals surface area contributed by atoms with Crippen molar-refractivity contribution in [3.05, 3.63) is 83.0 Å². The molecule has 2 heterocycles. The molecule has 1 aliphatic carbocycles. The van der Waals surface area contributed by atoms with Crippen molar-refractivity contribution in [2.75, 3.05) is 19.6 Å². The fourth-order valence-corrected chi connectivity index (χ4v) is 5.41. The Bertz CT molecular complexity index is 947. The molecule has 1 spiro atoms. The summed E-state index contributed by atoms with van der Waals surface area (Å²) < 4.78 is 0. The summed E-state index contributed by atoms with van der Waals surface area (Å²) in [6.45, 7) is 3.69. The normalized spacial score (nSPS) is 21.2. The smallest absolute Gasteiger partial charge is 0.312 e. The number of carbonyl (C=O) groups excluding carboxylic acids is 1. The molecule has 168 valence electrons. The van der Waals surface area contributed by atoms with E-state index in [0.29, 0.717) is 6.04 Å². The number of rotatable bonds is 6. The molecule has 0 N–H and O–H groups in total. The van der Waals surface area contributed by atoms with Gasteiger partial charge in [0.05, 0.1) is 5.54 Å². The average molecular weight is 450 g/mol. The molecule has 2 aromatic carbocycles. The van der Waals surface area contributed by atoms with Crippen molar-refractivity contribution >= 4 is 17.6 Å². The highest BCUT2D eigenvalue weighted by molar-refractivity contribution is 6.30. The lowest BCUT2D eigenvalue weighted by molar-refractivity contribution is 0.00810. The van der Waals surface area contributed by atoms with Crippen LogP contribution in [0.4, 0.5) is 4.79 Å². The van der Waals surface area contributed by atoms with E-state index in [-0.39, 0.29) is 11.6 Å². The van der Waals surface area contributed by atoms with Gasteiger partial charge in [-0.1, -0.05) is 54.1 Å². The van der Waals surface area contributed by atoms with Crippen molar-refractivity contribution in [1.82, 2.24) is 14.7 Å². The largest absolute Gasteiger partial charge is 0.324 e. The van der Waals surface area contributed by atoms with Gasteiger partial charge in [0, 0.05) is 43.4 Å². The van der Waals surface area contributed by atoms with Gasteiger partial charge in [0.2, 0.25) is 0 Å². The Morgan fingerprint density at radius 2 is 1.66 bits per heavy atom. The standard InChI is InChI=1S/C27H32ClN3O/c28-24-11-9-23(10-12-24)21-29-18-14-27(15-19-29)16-20-30(17-13-22-5-2-1-3-6-22)26(32)31(27)25-7-4-8-25/h1-3,5-6,9-12,16,20,25H,4,7-8,13-15,17-19,21H2. The van der Waals surface area contributed by atoms with Crippen molar-refractivity contribution in [2.45, 2.75) is 56.7 Å². The van der Waals surface area contributed by atoms with E-state index in [1.807, 2.05) is 23.1 Å². The molecular formula is C27H32ClN3O. The van der Waals surface area contributed by atoms with Crippen LogP contribution in [0.15, 0.2) is 66.9 Å². The van der Waals surface area contributed by atoms with Crippen molar-refractivity contribution in [3.8, 4) is 0 Å². The highest BCUT2D eigenvalue weighted by atomic mass is 35.5. The summed E-state index contributed by atoms with van der Waals surface area (Å²) in [5, 5.41) is 0.783. The Morgan fingerprint density at radius 1 is 0.938 bits per heavy atom. The third-order valence-electron chi connectivity index (χ3n) is 7.46. The maximum atomic E-state index is 13.6. The summed E-state index contributed by atoms with van der Waals surface area (Å²) in [4.78, 5) is 20.3. The zero-order valence-corrected chi connectivity index (χ0v) is 19.4. The zero-order valence-electron chi connectivity index (χ0n) is 18.6. The molecule has 5 heteroatoms. The van der Waals surface area contributed by atoms with Crippen LogP contribution in [0.2, 0.25) is 5.02 Å². The molecule has 4 nitrogen and oxygen atoms in total.